The largest absolute Gasteiger partial charge is 0.389 e. The van der Waals surface area contributed by atoms with Crippen LogP contribution in [-0.2, 0) is 4.74 Å². The molecule has 1 rings (SSSR count). The standard InChI is InChI=1S/C11H23NO2S/c1-10(3-6-14-2)12-9-11(13)4-7-15-8-5-11/h10,12-13H,3-9H2,1-2H3. The Balaban J connectivity index is 2.16. The third kappa shape index (κ3) is 5.20. The van der Waals surface area contributed by atoms with Gasteiger partial charge >= 0.3 is 0 Å². The molecule has 1 saturated heterocycles. The van der Waals surface area contributed by atoms with E-state index < -0.39 is 5.60 Å². The number of rotatable bonds is 6. The summed E-state index contributed by atoms with van der Waals surface area (Å²) in [6, 6.07) is 0.420. The molecule has 0 saturated carbocycles. The first-order valence-electron chi connectivity index (χ1n) is 5.69. The zero-order chi connectivity index (χ0) is 11.1. The smallest absolute Gasteiger partial charge is 0.0787 e. The summed E-state index contributed by atoms with van der Waals surface area (Å²) in [5, 5.41) is 13.6. The second kappa shape index (κ2) is 6.74. The van der Waals surface area contributed by atoms with Gasteiger partial charge in [-0.1, -0.05) is 0 Å². The van der Waals surface area contributed by atoms with Crippen molar-refractivity contribution < 1.29 is 9.84 Å². The number of hydrogen-bond acceptors (Lipinski definition) is 4. The maximum atomic E-state index is 10.2. The molecule has 3 nitrogen and oxygen atoms in total. The van der Waals surface area contributed by atoms with Gasteiger partial charge < -0.3 is 15.2 Å². The molecule has 1 aliphatic heterocycles. The van der Waals surface area contributed by atoms with Gasteiger partial charge in [0.2, 0.25) is 0 Å². The maximum absolute atomic E-state index is 10.2. The van der Waals surface area contributed by atoms with E-state index in [2.05, 4.69) is 12.2 Å². The molecule has 1 unspecified atom stereocenters. The molecule has 0 spiro atoms. The first kappa shape index (κ1) is 13.3. The molecular formula is C11H23NO2S. The Kier molecular flexibility index (Phi) is 5.97. The predicted molar refractivity (Wildman–Crippen MR) is 65.5 cm³/mol. The third-order valence-electron chi connectivity index (χ3n) is 2.96. The van der Waals surface area contributed by atoms with E-state index in [1.807, 2.05) is 11.8 Å². The molecule has 15 heavy (non-hydrogen) atoms. The van der Waals surface area contributed by atoms with Gasteiger partial charge in [0.05, 0.1) is 5.60 Å². The van der Waals surface area contributed by atoms with Crippen molar-refractivity contribution in [1.29, 1.82) is 0 Å². The Morgan fingerprint density at radius 1 is 1.47 bits per heavy atom. The van der Waals surface area contributed by atoms with Gasteiger partial charge in [0.15, 0.2) is 0 Å². The first-order valence-corrected chi connectivity index (χ1v) is 6.84. The highest BCUT2D eigenvalue weighted by atomic mass is 32.2. The minimum Gasteiger partial charge on any atom is -0.389 e. The van der Waals surface area contributed by atoms with Crippen LogP contribution in [0, 0.1) is 0 Å². The Morgan fingerprint density at radius 2 is 2.13 bits per heavy atom. The SMILES string of the molecule is COCCC(C)NCC1(O)CCSCC1. The van der Waals surface area contributed by atoms with Crippen LogP contribution in [0.15, 0.2) is 0 Å². The lowest BCUT2D eigenvalue weighted by Crippen LogP contribution is -2.46. The molecule has 0 amide bonds. The number of hydrogen-bond donors (Lipinski definition) is 2. The van der Waals surface area contributed by atoms with Crippen molar-refractivity contribution in [1.82, 2.24) is 5.32 Å². The minimum absolute atomic E-state index is 0.420. The number of methoxy groups -OCH3 is 1. The summed E-state index contributed by atoms with van der Waals surface area (Å²) >= 11 is 1.94. The van der Waals surface area contributed by atoms with Crippen molar-refractivity contribution in [2.24, 2.45) is 0 Å². The van der Waals surface area contributed by atoms with Crippen LogP contribution in [0.4, 0.5) is 0 Å². The summed E-state index contributed by atoms with van der Waals surface area (Å²) in [6.07, 6.45) is 2.84. The van der Waals surface area contributed by atoms with Crippen LogP contribution in [0.1, 0.15) is 26.2 Å². The fraction of sp³-hybridized carbons (Fsp3) is 1.00. The van der Waals surface area contributed by atoms with Crippen LogP contribution in [-0.4, -0.2) is 48.5 Å². The molecule has 1 heterocycles. The van der Waals surface area contributed by atoms with E-state index >= 15 is 0 Å². The van der Waals surface area contributed by atoms with Gasteiger partial charge in [-0.2, -0.15) is 11.8 Å². The molecule has 0 aromatic carbocycles. The van der Waals surface area contributed by atoms with Gasteiger partial charge in [-0.15, -0.1) is 0 Å². The van der Waals surface area contributed by atoms with Crippen LogP contribution in [0.25, 0.3) is 0 Å². The molecule has 0 aromatic rings. The van der Waals surface area contributed by atoms with E-state index in [1.165, 1.54) is 0 Å². The van der Waals surface area contributed by atoms with Crippen molar-refractivity contribution in [3.63, 3.8) is 0 Å². The van der Waals surface area contributed by atoms with E-state index in [0.717, 1.165) is 43.9 Å². The fourth-order valence-corrected chi connectivity index (χ4v) is 2.94. The Labute approximate surface area is 97.0 Å². The van der Waals surface area contributed by atoms with E-state index in [1.54, 1.807) is 7.11 Å². The van der Waals surface area contributed by atoms with Gasteiger partial charge in [0.25, 0.3) is 0 Å². The van der Waals surface area contributed by atoms with Crippen molar-refractivity contribution in [2.75, 3.05) is 31.8 Å². The monoisotopic (exact) mass is 233 g/mol. The lowest BCUT2D eigenvalue weighted by molar-refractivity contribution is 0.0290. The van der Waals surface area contributed by atoms with Crippen LogP contribution in [0.2, 0.25) is 0 Å². The minimum atomic E-state index is -0.466. The normalized spacial score (nSPS) is 22.6. The molecule has 90 valence electrons. The van der Waals surface area contributed by atoms with E-state index in [9.17, 15) is 5.11 Å². The first-order chi connectivity index (χ1) is 7.16. The van der Waals surface area contributed by atoms with Crippen molar-refractivity contribution in [3.05, 3.63) is 0 Å². The average molecular weight is 233 g/mol. The topological polar surface area (TPSA) is 41.5 Å². The van der Waals surface area contributed by atoms with Crippen molar-refractivity contribution in [3.8, 4) is 0 Å². The molecule has 4 heteroatoms. The van der Waals surface area contributed by atoms with Crippen molar-refractivity contribution >= 4 is 11.8 Å². The summed E-state index contributed by atoms with van der Waals surface area (Å²) in [4.78, 5) is 0. The molecule has 1 atom stereocenters. The second-order valence-corrected chi connectivity index (χ2v) is 5.62. The third-order valence-corrected chi connectivity index (χ3v) is 3.94. The number of ether oxygens (including phenoxy) is 1. The molecular weight excluding hydrogens is 210 g/mol. The van der Waals surface area contributed by atoms with Crippen LogP contribution in [0.3, 0.4) is 0 Å². The predicted octanol–water partition coefficient (Wildman–Crippen LogP) is 1.26. The highest BCUT2D eigenvalue weighted by Gasteiger charge is 2.29. The molecule has 2 N–H and O–H groups in total. The molecule has 0 bridgehead atoms. The van der Waals surface area contributed by atoms with Gasteiger partial charge in [0, 0.05) is 26.3 Å². The van der Waals surface area contributed by atoms with Gasteiger partial charge in [0.1, 0.15) is 0 Å². The Hall–Kier alpha value is 0.230. The molecule has 0 aromatic heterocycles. The summed E-state index contributed by atoms with van der Waals surface area (Å²) in [6.45, 7) is 3.64. The van der Waals surface area contributed by atoms with Crippen LogP contribution in [0.5, 0.6) is 0 Å². The number of nitrogens with one attached hydrogen (secondary N) is 1. The molecule has 0 radical (unpaired) electrons. The zero-order valence-corrected chi connectivity index (χ0v) is 10.6. The highest BCUT2D eigenvalue weighted by molar-refractivity contribution is 7.99. The average Bonchev–Trinajstić information content (AvgIpc) is 2.25. The summed E-state index contributed by atoms with van der Waals surface area (Å²) < 4.78 is 5.02. The number of aliphatic hydroxyl groups is 1. The Morgan fingerprint density at radius 3 is 2.73 bits per heavy atom. The lowest BCUT2D eigenvalue weighted by Gasteiger charge is -2.33. The van der Waals surface area contributed by atoms with E-state index in [-0.39, 0.29) is 0 Å². The quantitative estimate of drug-likeness (QED) is 0.725. The fourth-order valence-electron chi connectivity index (χ4n) is 1.69. The molecule has 1 aliphatic rings. The zero-order valence-electron chi connectivity index (χ0n) is 9.79. The summed E-state index contributed by atoms with van der Waals surface area (Å²) in [7, 11) is 1.72. The van der Waals surface area contributed by atoms with Crippen LogP contribution >= 0.6 is 11.8 Å². The summed E-state index contributed by atoms with van der Waals surface area (Å²) in [5.74, 6) is 2.18. The summed E-state index contributed by atoms with van der Waals surface area (Å²) in [5.41, 5.74) is -0.466. The van der Waals surface area contributed by atoms with E-state index in [4.69, 9.17) is 4.74 Å². The maximum Gasteiger partial charge on any atom is 0.0787 e. The molecule has 1 fully saturated rings. The number of thioether (sulfide) groups is 1. The Bertz CT molecular complexity index is 172. The second-order valence-electron chi connectivity index (χ2n) is 4.40. The lowest BCUT2D eigenvalue weighted by atomic mass is 9.96. The van der Waals surface area contributed by atoms with Gasteiger partial charge in [-0.3, -0.25) is 0 Å². The van der Waals surface area contributed by atoms with Crippen LogP contribution < -0.4 is 5.32 Å². The van der Waals surface area contributed by atoms with Crippen molar-refractivity contribution in [2.45, 2.75) is 37.8 Å². The van der Waals surface area contributed by atoms with Gasteiger partial charge in [-0.25, -0.2) is 0 Å². The van der Waals surface area contributed by atoms with E-state index in [0.29, 0.717) is 6.04 Å². The molecule has 0 aliphatic carbocycles. The highest BCUT2D eigenvalue weighted by Crippen LogP contribution is 2.26. The van der Waals surface area contributed by atoms with Gasteiger partial charge in [-0.05, 0) is 37.7 Å².